The lowest BCUT2D eigenvalue weighted by Gasteiger charge is -2.06. The van der Waals surface area contributed by atoms with Crippen LogP contribution in [0.25, 0.3) is 0 Å². The number of carbonyl (C=O) groups excluding carboxylic acids is 1. The summed E-state index contributed by atoms with van der Waals surface area (Å²) in [6.45, 7) is 4.17. The summed E-state index contributed by atoms with van der Waals surface area (Å²) in [5.41, 5.74) is 6.55. The van der Waals surface area contributed by atoms with E-state index < -0.39 is 5.91 Å². The smallest absolute Gasteiger partial charge is 0.250 e. The van der Waals surface area contributed by atoms with E-state index >= 15 is 0 Å². The molecule has 3 heteroatoms. The van der Waals surface area contributed by atoms with Gasteiger partial charge < -0.3 is 5.73 Å². The Bertz CT molecular complexity index is 308. The van der Waals surface area contributed by atoms with Crippen LogP contribution >= 0.6 is 0 Å². The number of amides is 1. The van der Waals surface area contributed by atoms with E-state index in [1.807, 2.05) is 0 Å². The number of pyridine rings is 1. The number of nitrogens with two attached hydrogens (primary N) is 1. The maximum Gasteiger partial charge on any atom is 0.250 e. The van der Waals surface area contributed by atoms with E-state index in [1.165, 1.54) is 0 Å². The lowest BCUT2D eigenvalue weighted by molar-refractivity contribution is 0.0999. The van der Waals surface area contributed by atoms with E-state index in [9.17, 15) is 4.79 Å². The zero-order valence-corrected chi connectivity index (χ0v) is 7.95. The van der Waals surface area contributed by atoms with Gasteiger partial charge in [-0.1, -0.05) is 13.8 Å². The van der Waals surface area contributed by atoms with Crippen LogP contribution in [0.5, 0.6) is 0 Å². The van der Waals surface area contributed by atoms with Crippen molar-refractivity contribution in [2.45, 2.75) is 20.3 Å². The maximum atomic E-state index is 11.0. The molecule has 0 spiro atoms. The van der Waals surface area contributed by atoms with Crippen LogP contribution in [0.4, 0.5) is 0 Å². The van der Waals surface area contributed by atoms with Crippen molar-refractivity contribution in [3.8, 4) is 0 Å². The molecule has 1 heterocycles. The van der Waals surface area contributed by atoms with Gasteiger partial charge >= 0.3 is 0 Å². The van der Waals surface area contributed by atoms with Crippen LogP contribution in [0.2, 0.25) is 0 Å². The zero-order valence-electron chi connectivity index (χ0n) is 7.95. The Labute approximate surface area is 78.0 Å². The van der Waals surface area contributed by atoms with E-state index in [-0.39, 0.29) is 0 Å². The van der Waals surface area contributed by atoms with Gasteiger partial charge in [-0.2, -0.15) is 0 Å². The highest BCUT2D eigenvalue weighted by Crippen LogP contribution is 2.09. The molecule has 0 aliphatic rings. The van der Waals surface area contributed by atoms with Crippen LogP contribution in [0.3, 0.4) is 0 Å². The first-order valence-corrected chi connectivity index (χ1v) is 4.35. The van der Waals surface area contributed by atoms with Gasteiger partial charge in [-0.25, -0.2) is 0 Å². The van der Waals surface area contributed by atoms with Gasteiger partial charge in [-0.15, -0.1) is 0 Å². The molecular weight excluding hydrogens is 164 g/mol. The quantitative estimate of drug-likeness (QED) is 0.760. The van der Waals surface area contributed by atoms with Gasteiger partial charge in [0.1, 0.15) is 0 Å². The molecule has 13 heavy (non-hydrogen) atoms. The molecule has 3 nitrogen and oxygen atoms in total. The fourth-order valence-corrected chi connectivity index (χ4v) is 1.21. The van der Waals surface area contributed by atoms with Gasteiger partial charge in [0.25, 0.3) is 5.91 Å². The summed E-state index contributed by atoms with van der Waals surface area (Å²) >= 11 is 0. The highest BCUT2D eigenvalue weighted by Gasteiger charge is 2.09. The van der Waals surface area contributed by atoms with Gasteiger partial charge in [0.15, 0.2) is 0 Å². The van der Waals surface area contributed by atoms with Crippen LogP contribution < -0.4 is 5.73 Å². The predicted molar refractivity (Wildman–Crippen MR) is 51.3 cm³/mol. The minimum absolute atomic E-state index is 0.399. The molecule has 1 amide bonds. The topological polar surface area (TPSA) is 56.0 Å². The first-order chi connectivity index (χ1) is 6.11. The standard InChI is InChI=1S/C10H14N2O/c1-7(2)6-9-8(10(11)13)4-3-5-12-9/h3-5,7H,6H2,1-2H3,(H2,11,13). The van der Waals surface area contributed by atoms with Gasteiger partial charge in [-0.3, -0.25) is 9.78 Å². The Balaban J connectivity index is 2.98. The second-order valence-electron chi connectivity index (χ2n) is 3.46. The molecule has 0 atom stereocenters. The van der Waals surface area contributed by atoms with E-state index in [2.05, 4.69) is 18.8 Å². The Morgan fingerprint density at radius 2 is 2.31 bits per heavy atom. The van der Waals surface area contributed by atoms with Crippen molar-refractivity contribution in [3.05, 3.63) is 29.6 Å². The molecule has 0 saturated heterocycles. The molecule has 1 aromatic heterocycles. The van der Waals surface area contributed by atoms with E-state index in [4.69, 9.17) is 5.73 Å². The van der Waals surface area contributed by atoms with Crippen LogP contribution in [0.1, 0.15) is 29.9 Å². The molecule has 0 aliphatic carbocycles. The van der Waals surface area contributed by atoms with Crippen LogP contribution in [0.15, 0.2) is 18.3 Å². The summed E-state index contributed by atoms with van der Waals surface area (Å²) in [5.74, 6) is 0.0803. The Kier molecular flexibility index (Phi) is 3.01. The number of nitrogens with zero attached hydrogens (tertiary/aromatic N) is 1. The molecule has 0 saturated carbocycles. The first kappa shape index (κ1) is 9.71. The second kappa shape index (κ2) is 4.03. The third-order valence-corrected chi connectivity index (χ3v) is 1.76. The number of aromatic nitrogens is 1. The van der Waals surface area contributed by atoms with Crippen molar-refractivity contribution in [1.82, 2.24) is 4.98 Å². The highest BCUT2D eigenvalue weighted by atomic mass is 16.1. The van der Waals surface area contributed by atoms with Crippen molar-refractivity contribution < 1.29 is 4.79 Å². The molecule has 0 aliphatic heterocycles. The molecule has 0 aromatic carbocycles. The fraction of sp³-hybridized carbons (Fsp3) is 0.400. The van der Waals surface area contributed by atoms with E-state index in [0.29, 0.717) is 11.5 Å². The number of carbonyl (C=O) groups is 1. The number of rotatable bonds is 3. The van der Waals surface area contributed by atoms with Crippen molar-refractivity contribution in [2.75, 3.05) is 0 Å². The van der Waals surface area contributed by atoms with Crippen molar-refractivity contribution in [1.29, 1.82) is 0 Å². The molecule has 1 rings (SSSR count). The molecule has 0 bridgehead atoms. The summed E-state index contributed by atoms with van der Waals surface area (Å²) in [4.78, 5) is 15.1. The number of hydrogen-bond donors (Lipinski definition) is 1. The van der Waals surface area contributed by atoms with Gasteiger partial charge in [0, 0.05) is 6.20 Å². The Morgan fingerprint density at radius 3 is 2.85 bits per heavy atom. The monoisotopic (exact) mass is 178 g/mol. The molecule has 70 valence electrons. The van der Waals surface area contributed by atoms with E-state index in [0.717, 1.165) is 12.1 Å². The largest absolute Gasteiger partial charge is 0.366 e. The third-order valence-electron chi connectivity index (χ3n) is 1.76. The predicted octanol–water partition coefficient (Wildman–Crippen LogP) is 1.38. The molecule has 1 aromatic rings. The summed E-state index contributed by atoms with van der Waals surface area (Å²) in [6, 6.07) is 3.44. The average molecular weight is 178 g/mol. The molecular formula is C10H14N2O. The summed E-state index contributed by atoms with van der Waals surface area (Å²) < 4.78 is 0. The van der Waals surface area contributed by atoms with E-state index in [1.54, 1.807) is 18.3 Å². The highest BCUT2D eigenvalue weighted by molar-refractivity contribution is 5.93. The van der Waals surface area contributed by atoms with Crippen LogP contribution in [-0.2, 0) is 6.42 Å². The normalized spacial score (nSPS) is 10.4. The minimum atomic E-state index is -0.399. The molecule has 0 unspecified atom stereocenters. The fourth-order valence-electron chi connectivity index (χ4n) is 1.21. The second-order valence-corrected chi connectivity index (χ2v) is 3.46. The first-order valence-electron chi connectivity index (χ1n) is 4.35. The van der Waals surface area contributed by atoms with Crippen molar-refractivity contribution in [2.24, 2.45) is 11.7 Å². The number of hydrogen-bond acceptors (Lipinski definition) is 2. The van der Waals surface area contributed by atoms with Crippen LogP contribution in [0, 0.1) is 5.92 Å². The van der Waals surface area contributed by atoms with Crippen LogP contribution in [-0.4, -0.2) is 10.9 Å². The number of primary amides is 1. The lowest BCUT2D eigenvalue weighted by Crippen LogP contribution is -2.15. The average Bonchev–Trinajstić information content (AvgIpc) is 2.03. The zero-order chi connectivity index (χ0) is 9.84. The Hall–Kier alpha value is -1.38. The SMILES string of the molecule is CC(C)Cc1ncccc1C(N)=O. The lowest BCUT2D eigenvalue weighted by atomic mass is 10.0. The Morgan fingerprint density at radius 1 is 1.62 bits per heavy atom. The van der Waals surface area contributed by atoms with Gasteiger partial charge in [0.05, 0.1) is 11.3 Å². The summed E-state index contributed by atoms with van der Waals surface area (Å²) in [5, 5.41) is 0. The minimum Gasteiger partial charge on any atom is -0.366 e. The van der Waals surface area contributed by atoms with Gasteiger partial charge in [0.2, 0.25) is 0 Å². The summed E-state index contributed by atoms with van der Waals surface area (Å²) in [6.07, 6.45) is 2.48. The summed E-state index contributed by atoms with van der Waals surface area (Å²) in [7, 11) is 0. The molecule has 0 radical (unpaired) electrons. The van der Waals surface area contributed by atoms with Gasteiger partial charge in [-0.05, 0) is 24.5 Å². The molecule has 2 N–H and O–H groups in total. The van der Waals surface area contributed by atoms with Crippen molar-refractivity contribution >= 4 is 5.91 Å². The molecule has 0 fully saturated rings. The van der Waals surface area contributed by atoms with Crippen molar-refractivity contribution in [3.63, 3.8) is 0 Å². The third kappa shape index (κ3) is 2.54. The maximum absolute atomic E-state index is 11.0.